The van der Waals surface area contributed by atoms with Gasteiger partial charge in [-0.05, 0) is 0 Å². The second-order valence-corrected chi connectivity index (χ2v) is 1.63. The first-order chi connectivity index (χ1) is 3.93. The van der Waals surface area contributed by atoms with E-state index in [9.17, 15) is 0 Å². The van der Waals surface area contributed by atoms with Gasteiger partial charge in [-0.25, -0.2) is 4.85 Å². The second kappa shape index (κ2) is 2.49. The molecule has 0 bridgehead atoms. The molecule has 1 aliphatic rings. The maximum atomic E-state index is 6.60. The first-order valence-corrected chi connectivity index (χ1v) is 2.58. The van der Waals surface area contributed by atoms with E-state index >= 15 is 0 Å². The van der Waals surface area contributed by atoms with Crippen LogP contribution in [0.5, 0.6) is 0 Å². The van der Waals surface area contributed by atoms with Crippen LogP contribution in [-0.4, -0.2) is 13.2 Å². The van der Waals surface area contributed by atoms with E-state index in [1.165, 1.54) is 0 Å². The Bertz CT molecular complexity index is 143. The molecule has 0 radical (unpaired) electrons. The SMILES string of the molecule is [C-]#[N+]C1=CCOCC1. The van der Waals surface area contributed by atoms with Gasteiger partial charge in [0.15, 0.2) is 5.70 Å². The summed E-state index contributed by atoms with van der Waals surface area (Å²) < 4.78 is 4.98. The number of rotatable bonds is 0. The molecule has 0 aromatic heterocycles. The van der Waals surface area contributed by atoms with Gasteiger partial charge in [-0.15, -0.1) is 0 Å². The van der Waals surface area contributed by atoms with Crippen molar-refractivity contribution in [3.63, 3.8) is 0 Å². The molecule has 0 amide bonds. The molecule has 2 nitrogen and oxygen atoms in total. The van der Waals surface area contributed by atoms with E-state index in [0.717, 1.165) is 12.1 Å². The van der Waals surface area contributed by atoms with E-state index in [1.807, 2.05) is 6.08 Å². The Morgan fingerprint density at radius 2 is 2.62 bits per heavy atom. The third-order valence-electron chi connectivity index (χ3n) is 1.08. The maximum absolute atomic E-state index is 6.60. The van der Waals surface area contributed by atoms with Crippen LogP contribution in [0.1, 0.15) is 6.42 Å². The Labute approximate surface area is 48.6 Å². The third-order valence-corrected chi connectivity index (χ3v) is 1.08. The molecule has 0 saturated heterocycles. The fourth-order valence-electron chi connectivity index (χ4n) is 0.619. The average Bonchev–Trinajstić information content (AvgIpc) is 1.90. The van der Waals surface area contributed by atoms with Crippen LogP contribution < -0.4 is 0 Å². The lowest BCUT2D eigenvalue weighted by atomic mass is 10.3. The summed E-state index contributed by atoms with van der Waals surface area (Å²) in [5, 5.41) is 0. The molecule has 2 heteroatoms. The Morgan fingerprint density at radius 3 is 3.00 bits per heavy atom. The minimum absolute atomic E-state index is 0.623. The van der Waals surface area contributed by atoms with Crippen molar-refractivity contribution in [1.29, 1.82) is 0 Å². The molecule has 0 aliphatic carbocycles. The normalized spacial score (nSPS) is 19.1. The minimum atomic E-state index is 0.623. The van der Waals surface area contributed by atoms with Crippen molar-refractivity contribution in [2.24, 2.45) is 0 Å². The van der Waals surface area contributed by atoms with Crippen LogP contribution in [0.15, 0.2) is 11.8 Å². The van der Waals surface area contributed by atoms with Crippen molar-refractivity contribution >= 4 is 0 Å². The van der Waals surface area contributed by atoms with E-state index in [0.29, 0.717) is 13.2 Å². The highest BCUT2D eigenvalue weighted by molar-refractivity contribution is 5.11. The summed E-state index contributed by atoms with van der Waals surface area (Å²) in [5.41, 5.74) is 0.844. The van der Waals surface area contributed by atoms with Gasteiger partial charge in [0.25, 0.3) is 0 Å². The molecule has 0 saturated carbocycles. The number of nitrogens with zero attached hydrogens (tertiary/aromatic N) is 1. The summed E-state index contributed by atoms with van der Waals surface area (Å²) in [4.78, 5) is 3.28. The molecule has 0 aromatic rings. The molecular weight excluding hydrogens is 102 g/mol. The molecule has 0 unspecified atom stereocenters. The van der Waals surface area contributed by atoms with Crippen LogP contribution in [0.25, 0.3) is 4.85 Å². The lowest BCUT2D eigenvalue weighted by molar-refractivity contribution is 0.155. The molecule has 1 rings (SSSR count). The highest BCUT2D eigenvalue weighted by Gasteiger charge is 2.00. The van der Waals surface area contributed by atoms with Crippen LogP contribution in [0.4, 0.5) is 0 Å². The Balaban J connectivity index is 2.53. The average molecular weight is 109 g/mol. The van der Waals surface area contributed by atoms with Crippen molar-refractivity contribution in [1.82, 2.24) is 0 Å². The van der Waals surface area contributed by atoms with Crippen molar-refractivity contribution in [2.75, 3.05) is 13.2 Å². The van der Waals surface area contributed by atoms with Gasteiger partial charge in [-0.3, -0.25) is 0 Å². The Hall–Kier alpha value is -0.810. The molecular formula is C6H7NO. The zero-order chi connectivity index (χ0) is 5.82. The van der Waals surface area contributed by atoms with Gasteiger partial charge >= 0.3 is 0 Å². The largest absolute Gasteiger partial charge is 0.380 e. The van der Waals surface area contributed by atoms with Crippen molar-refractivity contribution < 1.29 is 4.74 Å². The molecule has 1 aliphatic heterocycles. The molecule has 1 heterocycles. The highest BCUT2D eigenvalue weighted by Crippen LogP contribution is 2.07. The van der Waals surface area contributed by atoms with E-state index in [2.05, 4.69) is 4.85 Å². The molecule has 0 atom stereocenters. The van der Waals surface area contributed by atoms with Gasteiger partial charge in [0, 0.05) is 13.0 Å². The Morgan fingerprint density at radius 1 is 1.75 bits per heavy atom. The standard InChI is InChI=1S/C6H7NO/c1-7-6-2-4-8-5-3-6/h2H,3-5H2. The maximum Gasteiger partial charge on any atom is 0.166 e. The fraction of sp³-hybridized carbons (Fsp3) is 0.500. The summed E-state index contributed by atoms with van der Waals surface area (Å²) in [5.74, 6) is 0. The summed E-state index contributed by atoms with van der Waals surface area (Å²) in [6, 6.07) is 0. The summed E-state index contributed by atoms with van der Waals surface area (Å²) >= 11 is 0. The van der Waals surface area contributed by atoms with E-state index < -0.39 is 0 Å². The van der Waals surface area contributed by atoms with Gasteiger partial charge in [-0.1, -0.05) is 6.08 Å². The zero-order valence-electron chi connectivity index (χ0n) is 4.55. The lowest BCUT2D eigenvalue weighted by Crippen LogP contribution is -2.01. The first-order valence-electron chi connectivity index (χ1n) is 2.58. The Kier molecular flexibility index (Phi) is 1.66. The zero-order valence-corrected chi connectivity index (χ0v) is 4.55. The molecule has 8 heavy (non-hydrogen) atoms. The van der Waals surface area contributed by atoms with Crippen LogP contribution in [0.3, 0.4) is 0 Å². The summed E-state index contributed by atoms with van der Waals surface area (Å²) in [6.45, 7) is 7.94. The third kappa shape index (κ3) is 1.08. The van der Waals surface area contributed by atoms with Crippen molar-refractivity contribution in [2.45, 2.75) is 6.42 Å². The predicted octanol–water partition coefficient (Wildman–Crippen LogP) is 1.21. The van der Waals surface area contributed by atoms with Crippen LogP contribution in [0, 0.1) is 6.57 Å². The first kappa shape index (κ1) is 5.33. The quantitative estimate of drug-likeness (QED) is 0.426. The molecule has 0 N–H and O–H groups in total. The van der Waals surface area contributed by atoms with Gasteiger partial charge < -0.3 is 4.74 Å². The van der Waals surface area contributed by atoms with Gasteiger partial charge in [-0.2, -0.15) is 0 Å². The molecule has 0 spiro atoms. The van der Waals surface area contributed by atoms with Crippen molar-refractivity contribution in [3.8, 4) is 0 Å². The van der Waals surface area contributed by atoms with E-state index in [-0.39, 0.29) is 0 Å². The van der Waals surface area contributed by atoms with Crippen LogP contribution >= 0.6 is 0 Å². The highest BCUT2D eigenvalue weighted by atomic mass is 16.5. The minimum Gasteiger partial charge on any atom is -0.380 e. The van der Waals surface area contributed by atoms with Crippen LogP contribution in [-0.2, 0) is 4.74 Å². The lowest BCUT2D eigenvalue weighted by Gasteiger charge is -2.05. The monoisotopic (exact) mass is 109 g/mol. The number of ether oxygens (including phenoxy) is 1. The predicted molar refractivity (Wildman–Crippen MR) is 30.1 cm³/mol. The molecule has 42 valence electrons. The van der Waals surface area contributed by atoms with Gasteiger partial charge in [0.2, 0.25) is 0 Å². The van der Waals surface area contributed by atoms with Gasteiger partial charge in [0.1, 0.15) is 0 Å². The molecule has 0 fully saturated rings. The van der Waals surface area contributed by atoms with Crippen LogP contribution in [0.2, 0.25) is 0 Å². The van der Waals surface area contributed by atoms with Gasteiger partial charge in [0.05, 0.1) is 13.2 Å². The second-order valence-electron chi connectivity index (χ2n) is 1.63. The number of hydrogen-bond acceptors (Lipinski definition) is 1. The summed E-state index contributed by atoms with van der Waals surface area (Å²) in [7, 11) is 0. The molecule has 0 aromatic carbocycles. The smallest absolute Gasteiger partial charge is 0.166 e. The number of hydrogen-bond donors (Lipinski definition) is 0. The summed E-state index contributed by atoms with van der Waals surface area (Å²) in [6.07, 6.45) is 2.62. The van der Waals surface area contributed by atoms with E-state index in [1.54, 1.807) is 0 Å². The van der Waals surface area contributed by atoms with E-state index in [4.69, 9.17) is 11.3 Å². The fourth-order valence-corrected chi connectivity index (χ4v) is 0.619. The van der Waals surface area contributed by atoms with Crippen molar-refractivity contribution in [3.05, 3.63) is 23.2 Å². The topological polar surface area (TPSA) is 13.6 Å².